The zero-order valence-electron chi connectivity index (χ0n) is 11.5. The van der Waals surface area contributed by atoms with Crippen molar-refractivity contribution in [1.82, 2.24) is 0 Å². The average molecular weight is 270 g/mol. The van der Waals surface area contributed by atoms with E-state index in [-0.39, 0.29) is 6.10 Å². The maximum Gasteiger partial charge on any atom is 0.129 e. The molecular formula is C17H18O3. The van der Waals surface area contributed by atoms with Gasteiger partial charge in [-0.05, 0) is 36.8 Å². The van der Waals surface area contributed by atoms with Crippen LogP contribution < -0.4 is 9.47 Å². The van der Waals surface area contributed by atoms with E-state index in [1.807, 2.05) is 48.5 Å². The lowest BCUT2D eigenvalue weighted by molar-refractivity contribution is 0.0616. The second-order valence-corrected chi connectivity index (χ2v) is 5.00. The first kappa shape index (κ1) is 13.0. The van der Waals surface area contributed by atoms with Crippen LogP contribution in [0.5, 0.6) is 17.2 Å². The first-order valence-electron chi connectivity index (χ1n) is 6.99. The van der Waals surface area contributed by atoms with Crippen molar-refractivity contribution >= 4 is 0 Å². The average Bonchev–Trinajstić information content (AvgIpc) is 2.77. The summed E-state index contributed by atoms with van der Waals surface area (Å²) in [4.78, 5) is 0. The molecular weight excluding hydrogens is 252 g/mol. The van der Waals surface area contributed by atoms with E-state index in [2.05, 4.69) is 6.92 Å². The number of aliphatic hydroxyl groups is 1. The Balaban J connectivity index is 1.81. The monoisotopic (exact) mass is 270 g/mol. The van der Waals surface area contributed by atoms with Crippen LogP contribution in [0.2, 0.25) is 0 Å². The van der Waals surface area contributed by atoms with Gasteiger partial charge in [-0.25, -0.2) is 0 Å². The topological polar surface area (TPSA) is 38.7 Å². The van der Waals surface area contributed by atoms with Crippen LogP contribution in [-0.4, -0.2) is 11.2 Å². The van der Waals surface area contributed by atoms with Crippen molar-refractivity contribution in [2.75, 3.05) is 0 Å². The highest BCUT2D eigenvalue weighted by Crippen LogP contribution is 2.40. The third-order valence-electron chi connectivity index (χ3n) is 3.48. The predicted octanol–water partition coefficient (Wildman–Crippen LogP) is 4.07. The quantitative estimate of drug-likeness (QED) is 0.910. The fourth-order valence-corrected chi connectivity index (χ4v) is 2.48. The van der Waals surface area contributed by atoms with Crippen molar-refractivity contribution in [2.24, 2.45) is 0 Å². The molecule has 20 heavy (non-hydrogen) atoms. The second kappa shape index (κ2) is 5.55. The summed E-state index contributed by atoms with van der Waals surface area (Å²) in [5, 5.41) is 10.3. The van der Waals surface area contributed by atoms with Gasteiger partial charge in [0, 0.05) is 5.56 Å². The van der Waals surface area contributed by atoms with Crippen LogP contribution in [0.3, 0.4) is 0 Å². The summed E-state index contributed by atoms with van der Waals surface area (Å²) in [7, 11) is 0. The molecule has 104 valence electrons. The second-order valence-electron chi connectivity index (χ2n) is 5.00. The Kier molecular flexibility index (Phi) is 3.61. The summed E-state index contributed by atoms with van der Waals surface area (Å²) in [6, 6.07) is 15.2. The van der Waals surface area contributed by atoms with Crippen molar-refractivity contribution in [2.45, 2.75) is 32.0 Å². The molecule has 0 fully saturated rings. The summed E-state index contributed by atoms with van der Waals surface area (Å²) in [5.74, 6) is 2.26. The predicted molar refractivity (Wildman–Crippen MR) is 77.2 cm³/mol. The molecule has 3 heteroatoms. The first-order chi connectivity index (χ1) is 9.78. The van der Waals surface area contributed by atoms with Crippen LogP contribution in [0.4, 0.5) is 0 Å². The summed E-state index contributed by atoms with van der Waals surface area (Å²) in [6.45, 7) is 2.09. The van der Waals surface area contributed by atoms with Gasteiger partial charge in [-0.1, -0.05) is 31.5 Å². The Labute approximate surface area is 118 Å². The van der Waals surface area contributed by atoms with Crippen molar-refractivity contribution in [1.29, 1.82) is 0 Å². The first-order valence-corrected chi connectivity index (χ1v) is 6.99. The molecule has 2 aromatic carbocycles. The maximum absolute atomic E-state index is 10.3. The molecule has 2 aromatic rings. The number of rotatable bonds is 4. The van der Waals surface area contributed by atoms with Crippen LogP contribution in [0.1, 0.15) is 31.4 Å². The molecule has 3 rings (SSSR count). The molecule has 1 heterocycles. The van der Waals surface area contributed by atoms with Gasteiger partial charge in [-0.3, -0.25) is 0 Å². The molecule has 0 saturated carbocycles. The van der Waals surface area contributed by atoms with Crippen LogP contribution in [0.15, 0.2) is 48.5 Å². The standard InChI is InChI=1S/C17H18O3/c1-2-6-16-17(18)14-11-13(9-10-15(14)20-16)19-12-7-4-3-5-8-12/h3-5,7-11,16-18H,2,6H2,1H3. The van der Waals surface area contributed by atoms with Gasteiger partial charge in [0.15, 0.2) is 0 Å². The number of ether oxygens (including phenoxy) is 2. The lowest BCUT2D eigenvalue weighted by Crippen LogP contribution is -2.17. The number of hydrogen-bond donors (Lipinski definition) is 1. The minimum Gasteiger partial charge on any atom is -0.487 e. The number of hydrogen-bond acceptors (Lipinski definition) is 3. The zero-order valence-corrected chi connectivity index (χ0v) is 11.5. The molecule has 2 unspecified atom stereocenters. The molecule has 0 spiro atoms. The lowest BCUT2D eigenvalue weighted by Gasteiger charge is -2.12. The van der Waals surface area contributed by atoms with Crippen LogP contribution in [0, 0.1) is 0 Å². The van der Waals surface area contributed by atoms with E-state index < -0.39 is 6.10 Å². The Morgan fingerprint density at radius 1 is 1.10 bits per heavy atom. The number of fused-ring (bicyclic) bond motifs is 1. The normalized spacial score (nSPS) is 20.3. The molecule has 0 saturated heterocycles. The van der Waals surface area contributed by atoms with Crippen LogP contribution >= 0.6 is 0 Å². The molecule has 1 N–H and O–H groups in total. The molecule has 0 amide bonds. The van der Waals surface area contributed by atoms with Crippen LogP contribution in [0.25, 0.3) is 0 Å². The van der Waals surface area contributed by atoms with Gasteiger partial charge in [0.1, 0.15) is 29.5 Å². The maximum atomic E-state index is 10.3. The smallest absolute Gasteiger partial charge is 0.129 e. The van der Waals surface area contributed by atoms with Gasteiger partial charge in [0.2, 0.25) is 0 Å². The highest BCUT2D eigenvalue weighted by Gasteiger charge is 2.32. The van der Waals surface area contributed by atoms with E-state index in [0.717, 1.165) is 35.7 Å². The zero-order chi connectivity index (χ0) is 13.9. The number of benzene rings is 2. The van der Waals surface area contributed by atoms with E-state index in [0.29, 0.717) is 0 Å². The third kappa shape index (κ3) is 2.49. The molecule has 1 aliphatic heterocycles. The summed E-state index contributed by atoms with van der Waals surface area (Å²) in [5.41, 5.74) is 0.817. The third-order valence-corrected chi connectivity index (χ3v) is 3.48. The lowest BCUT2D eigenvalue weighted by atomic mass is 10.0. The van der Waals surface area contributed by atoms with E-state index in [1.165, 1.54) is 0 Å². The van der Waals surface area contributed by atoms with Gasteiger partial charge >= 0.3 is 0 Å². The van der Waals surface area contributed by atoms with E-state index in [9.17, 15) is 5.11 Å². The molecule has 0 aliphatic carbocycles. The minimum atomic E-state index is -0.565. The highest BCUT2D eigenvalue weighted by molar-refractivity contribution is 5.46. The van der Waals surface area contributed by atoms with Gasteiger partial charge in [-0.2, -0.15) is 0 Å². The van der Waals surface area contributed by atoms with Crippen LogP contribution in [-0.2, 0) is 0 Å². The Morgan fingerprint density at radius 3 is 2.65 bits per heavy atom. The molecule has 3 nitrogen and oxygen atoms in total. The SMILES string of the molecule is CCCC1Oc2ccc(Oc3ccccc3)cc2C1O. The minimum absolute atomic E-state index is 0.137. The van der Waals surface area contributed by atoms with Gasteiger partial charge in [-0.15, -0.1) is 0 Å². The Hall–Kier alpha value is -2.00. The van der Waals surface area contributed by atoms with Crippen molar-refractivity contribution in [3.05, 3.63) is 54.1 Å². The Bertz CT molecular complexity index is 580. The Morgan fingerprint density at radius 2 is 1.90 bits per heavy atom. The number of para-hydroxylation sites is 1. The molecule has 0 radical (unpaired) electrons. The summed E-state index contributed by atoms with van der Waals surface area (Å²) < 4.78 is 11.5. The van der Waals surface area contributed by atoms with Gasteiger partial charge < -0.3 is 14.6 Å². The fourth-order valence-electron chi connectivity index (χ4n) is 2.48. The van der Waals surface area contributed by atoms with Crippen molar-refractivity contribution < 1.29 is 14.6 Å². The van der Waals surface area contributed by atoms with Gasteiger partial charge in [0.05, 0.1) is 0 Å². The van der Waals surface area contributed by atoms with E-state index in [1.54, 1.807) is 0 Å². The fraction of sp³-hybridized carbons (Fsp3) is 0.294. The summed E-state index contributed by atoms with van der Waals surface area (Å²) >= 11 is 0. The summed E-state index contributed by atoms with van der Waals surface area (Å²) in [6.07, 6.45) is 1.14. The van der Waals surface area contributed by atoms with Gasteiger partial charge in [0.25, 0.3) is 0 Å². The van der Waals surface area contributed by atoms with Crippen molar-refractivity contribution in [3.8, 4) is 17.2 Å². The molecule has 0 bridgehead atoms. The van der Waals surface area contributed by atoms with E-state index >= 15 is 0 Å². The molecule has 1 aliphatic rings. The highest BCUT2D eigenvalue weighted by atomic mass is 16.5. The molecule has 0 aromatic heterocycles. The van der Waals surface area contributed by atoms with Crippen molar-refractivity contribution in [3.63, 3.8) is 0 Å². The largest absolute Gasteiger partial charge is 0.487 e. The molecule has 2 atom stereocenters. The van der Waals surface area contributed by atoms with E-state index in [4.69, 9.17) is 9.47 Å². The number of aliphatic hydroxyl groups excluding tert-OH is 1.